The number of aromatic nitrogens is 2. The lowest BCUT2D eigenvalue weighted by molar-refractivity contribution is 0.374. The van der Waals surface area contributed by atoms with E-state index in [1.165, 1.54) is 54.5 Å². The predicted molar refractivity (Wildman–Crippen MR) is 81.9 cm³/mol. The van der Waals surface area contributed by atoms with Gasteiger partial charge in [-0.3, -0.25) is 0 Å². The number of hydrogen-bond acceptors (Lipinski definition) is 2. The number of benzene rings is 1. The van der Waals surface area contributed by atoms with Gasteiger partial charge in [0.05, 0.1) is 11.0 Å². The van der Waals surface area contributed by atoms with Crippen molar-refractivity contribution in [1.29, 1.82) is 0 Å². The van der Waals surface area contributed by atoms with E-state index in [9.17, 15) is 0 Å². The van der Waals surface area contributed by atoms with E-state index in [4.69, 9.17) is 10.7 Å². The summed E-state index contributed by atoms with van der Waals surface area (Å²) in [5.74, 6) is 1.87. The Morgan fingerprint density at radius 3 is 2.80 bits per heavy atom. The van der Waals surface area contributed by atoms with Crippen molar-refractivity contribution in [3.05, 3.63) is 29.6 Å². The first kappa shape index (κ1) is 12.4. The first-order valence-corrected chi connectivity index (χ1v) is 7.96. The van der Waals surface area contributed by atoms with Gasteiger partial charge in [0.25, 0.3) is 0 Å². The van der Waals surface area contributed by atoms with Crippen LogP contribution in [0.25, 0.3) is 11.0 Å². The van der Waals surface area contributed by atoms with Crippen LogP contribution in [0.4, 0.5) is 0 Å². The third-order valence-electron chi connectivity index (χ3n) is 4.86. The van der Waals surface area contributed by atoms with E-state index in [2.05, 4.69) is 29.7 Å². The molecule has 20 heavy (non-hydrogen) atoms. The van der Waals surface area contributed by atoms with Crippen molar-refractivity contribution in [1.82, 2.24) is 9.55 Å². The minimum atomic E-state index is 0.364. The van der Waals surface area contributed by atoms with E-state index in [0.717, 1.165) is 6.42 Å². The van der Waals surface area contributed by atoms with Gasteiger partial charge in [0, 0.05) is 18.0 Å². The molecule has 2 saturated carbocycles. The summed E-state index contributed by atoms with van der Waals surface area (Å²) >= 11 is 0. The monoisotopic (exact) mass is 269 g/mol. The van der Waals surface area contributed by atoms with E-state index in [-0.39, 0.29) is 0 Å². The molecule has 1 heterocycles. The fraction of sp³-hybridized carbons (Fsp3) is 0.588. The second kappa shape index (κ2) is 4.59. The molecule has 2 fully saturated rings. The Labute approximate surface area is 120 Å². The van der Waals surface area contributed by atoms with Crippen LogP contribution < -0.4 is 5.73 Å². The largest absolute Gasteiger partial charge is 0.328 e. The average Bonchev–Trinajstić information content (AvgIpc) is 3.19. The molecule has 0 spiro atoms. The van der Waals surface area contributed by atoms with Crippen LogP contribution in [0.1, 0.15) is 61.9 Å². The Morgan fingerprint density at radius 2 is 2.05 bits per heavy atom. The molecule has 0 bridgehead atoms. The van der Waals surface area contributed by atoms with Crippen molar-refractivity contribution in [3.63, 3.8) is 0 Å². The highest BCUT2D eigenvalue weighted by Gasteiger charge is 2.32. The molecule has 2 aliphatic rings. The summed E-state index contributed by atoms with van der Waals surface area (Å²) < 4.78 is 2.53. The lowest BCUT2D eigenvalue weighted by Crippen LogP contribution is -2.28. The molecule has 2 aliphatic carbocycles. The second-order valence-electron chi connectivity index (χ2n) is 6.69. The smallest absolute Gasteiger partial charge is 0.113 e. The number of nitrogens with zero attached hydrogens (tertiary/aromatic N) is 2. The maximum atomic E-state index is 6.19. The normalized spacial score (nSPS) is 27.1. The summed E-state index contributed by atoms with van der Waals surface area (Å²) in [6.45, 7) is 2.14. The van der Waals surface area contributed by atoms with Gasteiger partial charge in [0.1, 0.15) is 5.82 Å². The lowest BCUT2D eigenvalue weighted by atomic mass is 9.85. The van der Waals surface area contributed by atoms with Crippen LogP contribution in [0.3, 0.4) is 0 Å². The number of hydrogen-bond donors (Lipinski definition) is 1. The van der Waals surface area contributed by atoms with Crippen LogP contribution >= 0.6 is 0 Å². The summed E-state index contributed by atoms with van der Waals surface area (Å²) in [6.07, 6.45) is 7.41. The number of imidazole rings is 1. The van der Waals surface area contributed by atoms with Gasteiger partial charge >= 0.3 is 0 Å². The molecule has 1 aromatic carbocycles. The SMILES string of the molecule is Cc1ccc2c(c1)nc(C1CCCC(N)C1)n2C1CC1. The van der Waals surface area contributed by atoms with Crippen molar-refractivity contribution >= 4 is 11.0 Å². The summed E-state index contributed by atoms with van der Waals surface area (Å²) in [6, 6.07) is 7.74. The summed E-state index contributed by atoms with van der Waals surface area (Å²) in [5, 5.41) is 0. The standard InChI is InChI=1S/C17H23N3/c1-11-5-8-16-15(9-11)19-17(20(16)14-6-7-14)12-3-2-4-13(18)10-12/h5,8-9,12-14H,2-4,6-7,10,18H2,1H3. The Bertz CT molecular complexity index is 639. The first-order chi connectivity index (χ1) is 9.72. The van der Waals surface area contributed by atoms with Gasteiger partial charge in [-0.25, -0.2) is 4.98 Å². The molecule has 2 unspecified atom stereocenters. The minimum Gasteiger partial charge on any atom is -0.328 e. The molecule has 0 aliphatic heterocycles. The lowest BCUT2D eigenvalue weighted by Gasteiger charge is -2.26. The predicted octanol–water partition coefficient (Wildman–Crippen LogP) is 3.66. The molecule has 0 amide bonds. The summed E-state index contributed by atoms with van der Waals surface area (Å²) in [7, 11) is 0. The molecule has 1 aromatic heterocycles. The molecule has 2 aromatic rings. The van der Waals surface area contributed by atoms with Gasteiger partial charge < -0.3 is 10.3 Å². The molecular weight excluding hydrogens is 246 g/mol. The van der Waals surface area contributed by atoms with Crippen LogP contribution in [0.2, 0.25) is 0 Å². The third kappa shape index (κ3) is 2.05. The fourth-order valence-corrected chi connectivity index (χ4v) is 3.69. The van der Waals surface area contributed by atoms with Gasteiger partial charge in [-0.2, -0.15) is 0 Å². The van der Waals surface area contributed by atoms with E-state index in [1.807, 2.05) is 0 Å². The van der Waals surface area contributed by atoms with E-state index >= 15 is 0 Å². The van der Waals surface area contributed by atoms with Gasteiger partial charge in [-0.05, 0) is 56.7 Å². The van der Waals surface area contributed by atoms with Crippen molar-refractivity contribution in [2.24, 2.45) is 5.73 Å². The molecule has 0 saturated heterocycles. The number of fused-ring (bicyclic) bond motifs is 1. The third-order valence-corrected chi connectivity index (χ3v) is 4.86. The van der Waals surface area contributed by atoms with Gasteiger partial charge in [-0.15, -0.1) is 0 Å². The highest BCUT2D eigenvalue weighted by molar-refractivity contribution is 5.77. The van der Waals surface area contributed by atoms with Crippen molar-refractivity contribution in [3.8, 4) is 0 Å². The Kier molecular flexibility index (Phi) is 2.84. The first-order valence-electron chi connectivity index (χ1n) is 7.96. The van der Waals surface area contributed by atoms with Crippen LogP contribution in [-0.4, -0.2) is 15.6 Å². The molecule has 2 atom stereocenters. The molecule has 0 radical (unpaired) electrons. The molecule has 3 heteroatoms. The van der Waals surface area contributed by atoms with Crippen LogP contribution in [0.5, 0.6) is 0 Å². The van der Waals surface area contributed by atoms with Gasteiger partial charge in [-0.1, -0.05) is 12.5 Å². The topological polar surface area (TPSA) is 43.8 Å². The highest BCUT2D eigenvalue weighted by atomic mass is 15.1. The Balaban J connectivity index is 1.83. The molecule has 2 N–H and O–H groups in total. The van der Waals surface area contributed by atoms with Gasteiger partial charge in [0.15, 0.2) is 0 Å². The highest BCUT2D eigenvalue weighted by Crippen LogP contribution is 2.42. The van der Waals surface area contributed by atoms with E-state index in [0.29, 0.717) is 18.0 Å². The van der Waals surface area contributed by atoms with E-state index < -0.39 is 0 Å². The maximum absolute atomic E-state index is 6.19. The molecule has 4 rings (SSSR count). The maximum Gasteiger partial charge on any atom is 0.113 e. The Hall–Kier alpha value is -1.35. The summed E-state index contributed by atoms with van der Waals surface area (Å²) in [4.78, 5) is 5.00. The van der Waals surface area contributed by atoms with Crippen LogP contribution in [-0.2, 0) is 0 Å². The van der Waals surface area contributed by atoms with Crippen molar-refractivity contribution < 1.29 is 0 Å². The number of rotatable bonds is 2. The van der Waals surface area contributed by atoms with E-state index in [1.54, 1.807) is 0 Å². The molecule has 3 nitrogen and oxygen atoms in total. The van der Waals surface area contributed by atoms with Gasteiger partial charge in [0.2, 0.25) is 0 Å². The molecule has 106 valence electrons. The summed E-state index contributed by atoms with van der Waals surface area (Å²) in [5.41, 5.74) is 9.98. The van der Waals surface area contributed by atoms with Crippen LogP contribution in [0.15, 0.2) is 18.2 Å². The Morgan fingerprint density at radius 1 is 1.20 bits per heavy atom. The second-order valence-corrected chi connectivity index (χ2v) is 6.69. The zero-order chi connectivity index (χ0) is 13.7. The minimum absolute atomic E-state index is 0.364. The van der Waals surface area contributed by atoms with Crippen molar-refractivity contribution in [2.45, 2.75) is 63.5 Å². The molecular formula is C17H23N3. The fourth-order valence-electron chi connectivity index (χ4n) is 3.69. The number of nitrogens with two attached hydrogens (primary N) is 1. The zero-order valence-electron chi connectivity index (χ0n) is 12.2. The zero-order valence-corrected chi connectivity index (χ0v) is 12.2. The average molecular weight is 269 g/mol. The van der Waals surface area contributed by atoms with Crippen LogP contribution in [0, 0.1) is 6.92 Å². The number of aryl methyl sites for hydroxylation is 1. The van der Waals surface area contributed by atoms with Crippen molar-refractivity contribution in [2.75, 3.05) is 0 Å². The quantitative estimate of drug-likeness (QED) is 0.904.